The van der Waals surface area contributed by atoms with Gasteiger partial charge >= 0.3 is 6.03 Å². The second-order valence-electron chi connectivity index (χ2n) is 10.5. The molecule has 1 atom stereocenters. The molecule has 9 heteroatoms. The number of ketones is 1. The zero-order valence-electron chi connectivity index (χ0n) is 22.3. The maximum Gasteiger partial charge on any atom is 0.317 e. The van der Waals surface area contributed by atoms with Crippen LogP contribution in [0.1, 0.15) is 72.9 Å². The molecule has 0 radical (unpaired) electrons. The van der Waals surface area contributed by atoms with Gasteiger partial charge in [0.25, 0.3) is 5.91 Å². The number of carbonyl (C=O) groups is 3. The molecular weight excluding hydrogens is 492 g/mol. The van der Waals surface area contributed by atoms with Crippen LogP contribution in [0.15, 0.2) is 42.5 Å². The van der Waals surface area contributed by atoms with Crippen LogP contribution < -0.4 is 10.6 Å². The van der Waals surface area contributed by atoms with E-state index in [1.807, 2.05) is 29.7 Å². The number of hydrogen-bond donors (Lipinski definition) is 2. The summed E-state index contributed by atoms with van der Waals surface area (Å²) in [5.74, 6) is 0.302. The lowest BCUT2D eigenvalue weighted by Gasteiger charge is -2.23. The molecule has 9 nitrogen and oxygen atoms in total. The Bertz CT molecular complexity index is 1410. The number of aromatic nitrogens is 2. The molecular formula is C30H34N6O3. The number of aryl methyl sites for hydroxylation is 1. The summed E-state index contributed by atoms with van der Waals surface area (Å²) in [7, 11) is 0. The third-order valence-electron chi connectivity index (χ3n) is 7.96. The largest absolute Gasteiger partial charge is 0.336 e. The highest BCUT2D eigenvalue weighted by molar-refractivity contribution is 6.04. The van der Waals surface area contributed by atoms with Crippen LogP contribution >= 0.6 is 0 Å². The van der Waals surface area contributed by atoms with Gasteiger partial charge in [0.15, 0.2) is 0 Å². The van der Waals surface area contributed by atoms with E-state index in [9.17, 15) is 14.4 Å². The highest BCUT2D eigenvalue weighted by atomic mass is 16.2. The molecule has 0 bridgehead atoms. The van der Waals surface area contributed by atoms with Crippen molar-refractivity contribution in [1.29, 1.82) is 5.26 Å². The number of nitrogens with zero attached hydrogens (tertiary/aromatic N) is 4. The molecule has 0 spiro atoms. The van der Waals surface area contributed by atoms with Gasteiger partial charge in [0.1, 0.15) is 5.78 Å². The number of hydrogen-bond acceptors (Lipinski definition) is 5. The normalized spacial score (nSPS) is 16.6. The lowest BCUT2D eigenvalue weighted by molar-refractivity contribution is -0.124. The van der Waals surface area contributed by atoms with Crippen LogP contribution in [0, 0.1) is 17.2 Å². The smallest absolute Gasteiger partial charge is 0.317 e. The topological polar surface area (TPSA) is 120 Å². The summed E-state index contributed by atoms with van der Waals surface area (Å²) in [5.41, 5.74) is 3.41. The third-order valence-corrected chi connectivity index (χ3v) is 7.96. The number of nitrogens with one attached hydrogen (secondary N) is 2. The Hall–Kier alpha value is -4.19. The molecule has 3 amide bonds. The van der Waals surface area contributed by atoms with Gasteiger partial charge in [-0.05, 0) is 61.2 Å². The molecule has 1 saturated carbocycles. The average molecular weight is 527 g/mol. The summed E-state index contributed by atoms with van der Waals surface area (Å²) in [6.45, 7) is 4.46. The van der Waals surface area contributed by atoms with Gasteiger partial charge in [-0.25, -0.2) is 9.78 Å². The zero-order chi connectivity index (χ0) is 27.4. The number of Topliss-reactive ketones (excluding diaryl/α,β-unsaturated/α-hetero) is 1. The minimum absolute atomic E-state index is 0.0545. The SMILES string of the molecule is CC(C(=O)C1CCCCC1)c1ccc2c(c1)nc(NC(=O)c1ccc(C#N)cc1)n2CCCN1CCNC1=O. The Morgan fingerprint density at radius 1 is 1.13 bits per heavy atom. The van der Waals surface area contributed by atoms with E-state index in [-0.39, 0.29) is 23.8 Å². The zero-order valence-corrected chi connectivity index (χ0v) is 22.3. The van der Waals surface area contributed by atoms with Crippen LogP contribution in [0.2, 0.25) is 0 Å². The molecule has 39 heavy (non-hydrogen) atoms. The number of anilines is 1. The predicted octanol–water partition coefficient (Wildman–Crippen LogP) is 4.83. The van der Waals surface area contributed by atoms with Gasteiger partial charge in [-0.2, -0.15) is 5.26 Å². The summed E-state index contributed by atoms with van der Waals surface area (Å²) in [6, 6.07) is 14.4. The van der Waals surface area contributed by atoms with Crippen molar-refractivity contribution in [2.45, 2.75) is 57.9 Å². The Labute approximate surface area is 228 Å². The van der Waals surface area contributed by atoms with Crippen molar-refractivity contribution >= 4 is 34.7 Å². The number of carbonyl (C=O) groups excluding carboxylic acids is 3. The molecule has 1 saturated heterocycles. The first-order valence-electron chi connectivity index (χ1n) is 13.8. The van der Waals surface area contributed by atoms with Gasteiger partial charge < -0.3 is 14.8 Å². The Balaban J connectivity index is 1.40. The minimum Gasteiger partial charge on any atom is -0.336 e. The monoisotopic (exact) mass is 526 g/mol. The minimum atomic E-state index is -0.323. The van der Waals surface area contributed by atoms with E-state index in [1.54, 1.807) is 29.2 Å². The van der Waals surface area contributed by atoms with Crippen LogP contribution in [-0.4, -0.2) is 51.8 Å². The molecule has 5 rings (SSSR count). The lowest BCUT2D eigenvalue weighted by Crippen LogP contribution is -2.29. The van der Waals surface area contributed by atoms with Crippen molar-refractivity contribution < 1.29 is 14.4 Å². The van der Waals surface area contributed by atoms with Crippen molar-refractivity contribution in [3.63, 3.8) is 0 Å². The molecule has 2 heterocycles. The van der Waals surface area contributed by atoms with Gasteiger partial charge in [-0.15, -0.1) is 0 Å². The number of nitriles is 1. The van der Waals surface area contributed by atoms with E-state index in [4.69, 9.17) is 10.2 Å². The molecule has 1 aromatic heterocycles. The predicted molar refractivity (Wildman–Crippen MR) is 148 cm³/mol. The molecule has 2 aliphatic rings. The van der Waals surface area contributed by atoms with Crippen molar-refractivity contribution in [1.82, 2.24) is 19.8 Å². The van der Waals surface area contributed by atoms with Crippen LogP contribution in [0.3, 0.4) is 0 Å². The van der Waals surface area contributed by atoms with E-state index in [0.29, 0.717) is 61.0 Å². The van der Waals surface area contributed by atoms with Crippen LogP contribution in [-0.2, 0) is 11.3 Å². The van der Waals surface area contributed by atoms with Crippen LogP contribution in [0.25, 0.3) is 11.0 Å². The van der Waals surface area contributed by atoms with Crippen LogP contribution in [0.5, 0.6) is 0 Å². The molecule has 2 fully saturated rings. The fourth-order valence-corrected chi connectivity index (χ4v) is 5.66. The quantitative estimate of drug-likeness (QED) is 0.414. The first-order valence-corrected chi connectivity index (χ1v) is 13.8. The van der Waals surface area contributed by atoms with Gasteiger partial charge in [-0.1, -0.05) is 32.3 Å². The van der Waals surface area contributed by atoms with Gasteiger partial charge in [-0.3, -0.25) is 14.9 Å². The van der Waals surface area contributed by atoms with E-state index in [2.05, 4.69) is 16.7 Å². The second kappa shape index (κ2) is 11.7. The average Bonchev–Trinajstić information content (AvgIpc) is 3.54. The number of amides is 3. The fourth-order valence-electron chi connectivity index (χ4n) is 5.66. The number of rotatable bonds is 9. The number of fused-ring (bicyclic) bond motifs is 1. The molecule has 1 aliphatic carbocycles. The maximum atomic E-state index is 13.2. The van der Waals surface area contributed by atoms with E-state index >= 15 is 0 Å². The van der Waals surface area contributed by atoms with Gasteiger partial charge in [0.05, 0.1) is 22.7 Å². The van der Waals surface area contributed by atoms with Crippen molar-refractivity contribution in [2.75, 3.05) is 25.0 Å². The van der Waals surface area contributed by atoms with Crippen molar-refractivity contribution in [2.24, 2.45) is 5.92 Å². The Morgan fingerprint density at radius 2 is 1.90 bits per heavy atom. The van der Waals surface area contributed by atoms with Gasteiger partial charge in [0, 0.05) is 43.6 Å². The number of imidazole rings is 1. The molecule has 2 aromatic carbocycles. The van der Waals surface area contributed by atoms with Crippen molar-refractivity contribution in [3.05, 3.63) is 59.2 Å². The molecule has 202 valence electrons. The first-order chi connectivity index (χ1) is 18.9. The Morgan fingerprint density at radius 3 is 2.59 bits per heavy atom. The highest BCUT2D eigenvalue weighted by Crippen LogP contribution is 2.32. The third kappa shape index (κ3) is 5.80. The fraction of sp³-hybridized carbons (Fsp3) is 0.433. The molecule has 1 aliphatic heterocycles. The maximum absolute atomic E-state index is 13.2. The Kier molecular flexibility index (Phi) is 7.92. The summed E-state index contributed by atoms with van der Waals surface area (Å²) in [4.78, 5) is 44.8. The molecule has 3 aromatic rings. The van der Waals surface area contributed by atoms with E-state index in [1.165, 1.54) is 6.42 Å². The number of benzene rings is 2. The van der Waals surface area contributed by atoms with Gasteiger partial charge in [0.2, 0.25) is 5.95 Å². The summed E-state index contributed by atoms with van der Waals surface area (Å²) >= 11 is 0. The van der Waals surface area contributed by atoms with E-state index in [0.717, 1.165) is 36.8 Å². The van der Waals surface area contributed by atoms with Crippen LogP contribution in [0.4, 0.5) is 10.7 Å². The summed E-state index contributed by atoms with van der Waals surface area (Å²) < 4.78 is 1.96. The molecule has 2 N–H and O–H groups in total. The van der Waals surface area contributed by atoms with Crippen molar-refractivity contribution in [3.8, 4) is 6.07 Å². The van der Waals surface area contributed by atoms with E-state index < -0.39 is 0 Å². The molecule has 1 unspecified atom stereocenters. The standard InChI is InChI=1S/C30H34N6O3/c1-20(27(37)22-6-3-2-4-7-22)24-12-13-26-25(18-24)33-29(34-28(38)23-10-8-21(19-31)9-11-23)36(26)16-5-15-35-17-14-32-30(35)39/h8-13,18,20,22H,2-7,14-17H2,1H3,(H,32,39)(H,33,34,38). The summed E-state index contributed by atoms with van der Waals surface area (Å²) in [6.07, 6.45) is 6.08. The summed E-state index contributed by atoms with van der Waals surface area (Å²) in [5, 5.41) is 14.8. The highest BCUT2D eigenvalue weighted by Gasteiger charge is 2.27. The first kappa shape index (κ1) is 26.4. The second-order valence-corrected chi connectivity index (χ2v) is 10.5. The lowest BCUT2D eigenvalue weighted by atomic mass is 9.80. The number of urea groups is 1.